The van der Waals surface area contributed by atoms with Gasteiger partial charge in [0.25, 0.3) is 0 Å². The first-order valence-electron chi connectivity index (χ1n) is 5.23. The number of amides is 1. The average Bonchev–Trinajstić information content (AvgIpc) is 2.25. The Labute approximate surface area is 105 Å². The van der Waals surface area contributed by atoms with Crippen molar-refractivity contribution in [3.05, 3.63) is 34.9 Å². The topological polar surface area (TPSA) is 66.4 Å². The Morgan fingerprint density at radius 3 is 2.76 bits per heavy atom. The van der Waals surface area contributed by atoms with Crippen molar-refractivity contribution >= 4 is 23.5 Å². The molecule has 0 bridgehead atoms. The minimum Gasteiger partial charge on any atom is -0.481 e. The Hall–Kier alpha value is -1.55. The van der Waals surface area contributed by atoms with Crippen molar-refractivity contribution in [1.82, 2.24) is 5.32 Å². The molecule has 1 atom stereocenters. The van der Waals surface area contributed by atoms with Crippen molar-refractivity contribution in [3.8, 4) is 0 Å². The summed E-state index contributed by atoms with van der Waals surface area (Å²) in [6.45, 7) is 1.68. The predicted molar refractivity (Wildman–Crippen MR) is 65.0 cm³/mol. The molecule has 0 aliphatic heterocycles. The molecule has 1 unspecified atom stereocenters. The third-order valence-corrected chi connectivity index (χ3v) is 2.52. The van der Waals surface area contributed by atoms with E-state index in [-0.39, 0.29) is 18.9 Å². The Balaban J connectivity index is 2.42. The summed E-state index contributed by atoms with van der Waals surface area (Å²) in [4.78, 5) is 22.0. The van der Waals surface area contributed by atoms with E-state index < -0.39 is 11.9 Å². The molecule has 0 aromatic heterocycles. The molecule has 1 rings (SSSR count). The highest BCUT2D eigenvalue weighted by molar-refractivity contribution is 6.30. The highest BCUT2D eigenvalue weighted by atomic mass is 35.5. The fourth-order valence-electron chi connectivity index (χ4n) is 1.25. The van der Waals surface area contributed by atoms with Crippen molar-refractivity contribution in [2.24, 2.45) is 5.92 Å². The number of rotatable bonds is 5. The molecule has 0 heterocycles. The van der Waals surface area contributed by atoms with Crippen LogP contribution in [0.3, 0.4) is 0 Å². The lowest BCUT2D eigenvalue weighted by atomic mass is 10.1. The van der Waals surface area contributed by atoms with Gasteiger partial charge in [-0.3, -0.25) is 9.59 Å². The molecular formula is C12H14ClNO3. The first-order valence-corrected chi connectivity index (χ1v) is 5.61. The molecule has 2 N–H and O–H groups in total. The van der Waals surface area contributed by atoms with Gasteiger partial charge in [-0.2, -0.15) is 0 Å². The van der Waals surface area contributed by atoms with E-state index in [1.165, 1.54) is 0 Å². The molecule has 0 saturated heterocycles. The van der Waals surface area contributed by atoms with E-state index in [1.54, 1.807) is 31.2 Å². The summed E-state index contributed by atoms with van der Waals surface area (Å²) in [5, 5.41) is 11.8. The molecule has 4 nitrogen and oxygen atoms in total. The van der Waals surface area contributed by atoms with Gasteiger partial charge in [-0.05, 0) is 17.7 Å². The number of halogens is 1. The average molecular weight is 256 g/mol. The van der Waals surface area contributed by atoms with E-state index in [0.29, 0.717) is 5.02 Å². The van der Waals surface area contributed by atoms with Gasteiger partial charge in [0.05, 0.1) is 12.3 Å². The van der Waals surface area contributed by atoms with Gasteiger partial charge in [-0.1, -0.05) is 30.7 Å². The molecular weight excluding hydrogens is 242 g/mol. The highest BCUT2D eigenvalue weighted by Crippen LogP contribution is 2.10. The SMILES string of the molecule is CC(CNC(=O)Cc1cccc(Cl)c1)C(=O)O. The van der Waals surface area contributed by atoms with Crippen LogP contribution in [0.2, 0.25) is 5.02 Å². The van der Waals surface area contributed by atoms with Crippen LogP contribution in [0.25, 0.3) is 0 Å². The molecule has 0 saturated carbocycles. The molecule has 0 aliphatic carbocycles. The van der Waals surface area contributed by atoms with E-state index in [1.807, 2.05) is 0 Å². The lowest BCUT2D eigenvalue weighted by molar-refractivity contribution is -0.141. The summed E-state index contributed by atoms with van der Waals surface area (Å²) < 4.78 is 0. The van der Waals surface area contributed by atoms with Crippen molar-refractivity contribution in [2.45, 2.75) is 13.3 Å². The van der Waals surface area contributed by atoms with E-state index in [2.05, 4.69) is 5.32 Å². The number of hydrogen-bond acceptors (Lipinski definition) is 2. The van der Waals surface area contributed by atoms with E-state index in [0.717, 1.165) is 5.56 Å². The molecule has 1 aromatic rings. The van der Waals surface area contributed by atoms with Crippen molar-refractivity contribution in [1.29, 1.82) is 0 Å². The van der Waals surface area contributed by atoms with Gasteiger partial charge in [0.2, 0.25) is 5.91 Å². The standard InChI is InChI=1S/C12H14ClNO3/c1-8(12(16)17)7-14-11(15)6-9-3-2-4-10(13)5-9/h2-5,8H,6-7H2,1H3,(H,14,15)(H,16,17). The second-order valence-electron chi connectivity index (χ2n) is 3.85. The van der Waals surface area contributed by atoms with Gasteiger partial charge in [-0.25, -0.2) is 0 Å². The maximum Gasteiger partial charge on any atom is 0.308 e. The van der Waals surface area contributed by atoms with Gasteiger partial charge < -0.3 is 10.4 Å². The van der Waals surface area contributed by atoms with Gasteiger partial charge in [-0.15, -0.1) is 0 Å². The Kier molecular flexibility index (Phi) is 4.97. The molecule has 0 aliphatic rings. The number of carbonyl (C=O) groups is 2. The van der Waals surface area contributed by atoms with Gasteiger partial charge in [0.15, 0.2) is 0 Å². The molecule has 1 aromatic carbocycles. The maximum absolute atomic E-state index is 11.5. The molecule has 0 fully saturated rings. The minimum absolute atomic E-state index is 0.134. The highest BCUT2D eigenvalue weighted by Gasteiger charge is 2.12. The minimum atomic E-state index is -0.923. The fourth-order valence-corrected chi connectivity index (χ4v) is 1.46. The second-order valence-corrected chi connectivity index (χ2v) is 4.29. The smallest absolute Gasteiger partial charge is 0.308 e. The zero-order valence-corrected chi connectivity index (χ0v) is 10.2. The summed E-state index contributed by atoms with van der Waals surface area (Å²) in [5.74, 6) is -1.72. The van der Waals surface area contributed by atoms with Crippen LogP contribution in [-0.2, 0) is 16.0 Å². The summed E-state index contributed by atoms with van der Waals surface area (Å²) in [6.07, 6.45) is 0.201. The quantitative estimate of drug-likeness (QED) is 0.842. The van der Waals surface area contributed by atoms with Crippen molar-refractivity contribution < 1.29 is 14.7 Å². The molecule has 1 amide bonds. The summed E-state index contributed by atoms with van der Waals surface area (Å²) in [6, 6.07) is 7.01. The monoisotopic (exact) mass is 255 g/mol. The predicted octanol–water partition coefficient (Wildman–Crippen LogP) is 1.72. The molecule has 0 spiro atoms. The zero-order valence-electron chi connectivity index (χ0n) is 9.44. The number of carbonyl (C=O) groups excluding carboxylic acids is 1. The van der Waals surface area contributed by atoms with Crippen LogP contribution in [0.15, 0.2) is 24.3 Å². The fraction of sp³-hybridized carbons (Fsp3) is 0.333. The van der Waals surface area contributed by atoms with E-state index in [4.69, 9.17) is 16.7 Å². The lowest BCUT2D eigenvalue weighted by Crippen LogP contribution is -2.32. The van der Waals surface area contributed by atoms with Crippen LogP contribution in [0.5, 0.6) is 0 Å². The number of nitrogens with one attached hydrogen (secondary N) is 1. The van der Waals surface area contributed by atoms with E-state index in [9.17, 15) is 9.59 Å². The number of aliphatic carboxylic acids is 1. The Morgan fingerprint density at radius 2 is 2.18 bits per heavy atom. The molecule has 92 valence electrons. The lowest BCUT2D eigenvalue weighted by Gasteiger charge is -2.08. The third kappa shape index (κ3) is 4.87. The number of carboxylic acid groups (broad SMARTS) is 1. The van der Waals surface area contributed by atoms with Crippen LogP contribution in [0.1, 0.15) is 12.5 Å². The van der Waals surface area contributed by atoms with Crippen LogP contribution in [0, 0.1) is 5.92 Å². The van der Waals surface area contributed by atoms with Crippen molar-refractivity contribution in [2.75, 3.05) is 6.54 Å². The van der Waals surface area contributed by atoms with Gasteiger partial charge >= 0.3 is 5.97 Å². The summed E-state index contributed by atoms with van der Waals surface area (Å²) in [5.41, 5.74) is 0.804. The summed E-state index contributed by atoms with van der Waals surface area (Å²) in [7, 11) is 0. The Morgan fingerprint density at radius 1 is 1.47 bits per heavy atom. The normalized spacial score (nSPS) is 11.9. The third-order valence-electron chi connectivity index (χ3n) is 2.28. The van der Waals surface area contributed by atoms with Crippen molar-refractivity contribution in [3.63, 3.8) is 0 Å². The first kappa shape index (κ1) is 13.5. The second kappa shape index (κ2) is 6.25. The maximum atomic E-state index is 11.5. The van der Waals surface area contributed by atoms with Crippen LogP contribution in [-0.4, -0.2) is 23.5 Å². The molecule has 5 heteroatoms. The first-order chi connectivity index (χ1) is 7.99. The summed E-state index contributed by atoms with van der Waals surface area (Å²) >= 11 is 5.79. The zero-order chi connectivity index (χ0) is 12.8. The number of carboxylic acids is 1. The van der Waals surface area contributed by atoms with Crippen LogP contribution < -0.4 is 5.32 Å². The van der Waals surface area contributed by atoms with Crippen LogP contribution in [0.4, 0.5) is 0 Å². The van der Waals surface area contributed by atoms with Gasteiger partial charge in [0, 0.05) is 11.6 Å². The number of hydrogen-bond donors (Lipinski definition) is 2. The van der Waals surface area contributed by atoms with E-state index >= 15 is 0 Å². The molecule has 17 heavy (non-hydrogen) atoms. The number of benzene rings is 1. The molecule has 0 radical (unpaired) electrons. The van der Waals surface area contributed by atoms with Gasteiger partial charge in [0.1, 0.15) is 0 Å². The Bertz CT molecular complexity index is 420. The largest absolute Gasteiger partial charge is 0.481 e. The van der Waals surface area contributed by atoms with Crippen LogP contribution >= 0.6 is 11.6 Å².